The Bertz CT molecular complexity index is 924. The molecular formula is C26H40N4O9. The number of hydrogen-bond acceptors (Lipinski definition) is 8. The van der Waals surface area contributed by atoms with E-state index in [0.717, 1.165) is 17.7 Å². The molecule has 0 radical (unpaired) electrons. The number of rotatable bonds is 22. The van der Waals surface area contributed by atoms with Crippen LogP contribution in [0.15, 0.2) is 24.3 Å². The highest BCUT2D eigenvalue weighted by Gasteiger charge is 2.19. The first-order chi connectivity index (χ1) is 18.5. The SMILES string of the molecule is CCCCCCc1ccc(NC(=O)CN(CCN(CCN(CC(=O)O)CC(=O)O)CC(=O)O)CC(=O)O)cc1. The minimum Gasteiger partial charge on any atom is -0.480 e. The molecule has 1 amide bonds. The van der Waals surface area contributed by atoms with Crippen molar-refractivity contribution in [1.29, 1.82) is 0 Å². The highest BCUT2D eigenvalue weighted by atomic mass is 16.4. The van der Waals surface area contributed by atoms with Gasteiger partial charge in [-0.15, -0.1) is 0 Å². The Balaban J connectivity index is 2.71. The van der Waals surface area contributed by atoms with Crippen LogP contribution < -0.4 is 5.32 Å². The molecule has 5 N–H and O–H groups in total. The van der Waals surface area contributed by atoms with Gasteiger partial charge >= 0.3 is 23.9 Å². The van der Waals surface area contributed by atoms with Gasteiger partial charge in [-0.1, -0.05) is 38.3 Å². The fourth-order valence-corrected chi connectivity index (χ4v) is 3.94. The number of aliphatic carboxylic acids is 4. The van der Waals surface area contributed by atoms with Crippen LogP contribution in [0.25, 0.3) is 0 Å². The van der Waals surface area contributed by atoms with E-state index < -0.39 is 56.0 Å². The number of carbonyl (C=O) groups excluding carboxylic acids is 1. The van der Waals surface area contributed by atoms with Crippen molar-refractivity contribution < 1.29 is 44.4 Å². The Hall–Kier alpha value is -3.55. The Labute approximate surface area is 228 Å². The largest absolute Gasteiger partial charge is 0.480 e. The number of anilines is 1. The van der Waals surface area contributed by atoms with Crippen molar-refractivity contribution in [2.24, 2.45) is 0 Å². The number of benzene rings is 1. The van der Waals surface area contributed by atoms with Gasteiger partial charge in [0.1, 0.15) is 0 Å². The third kappa shape index (κ3) is 16.8. The summed E-state index contributed by atoms with van der Waals surface area (Å²) in [6.45, 7) is 0.0947. The molecule has 1 aromatic rings. The summed E-state index contributed by atoms with van der Waals surface area (Å²) in [4.78, 5) is 61.2. The number of carboxylic acid groups (broad SMARTS) is 4. The molecule has 218 valence electrons. The van der Waals surface area contributed by atoms with E-state index in [-0.39, 0.29) is 32.7 Å². The summed E-state index contributed by atoms with van der Waals surface area (Å²) in [5.74, 6) is -5.18. The van der Waals surface area contributed by atoms with E-state index >= 15 is 0 Å². The molecule has 0 aromatic heterocycles. The van der Waals surface area contributed by atoms with Crippen molar-refractivity contribution in [2.45, 2.75) is 39.0 Å². The van der Waals surface area contributed by atoms with E-state index in [2.05, 4.69) is 12.2 Å². The van der Waals surface area contributed by atoms with E-state index in [0.29, 0.717) is 5.69 Å². The molecular weight excluding hydrogens is 512 g/mol. The Morgan fingerprint density at radius 3 is 1.51 bits per heavy atom. The summed E-state index contributed by atoms with van der Waals surface area (Å²) >= 11 is 0. The summed E-state index contributed by atoms with van der Waals surface area (Å²) in [7, 11) is 0. The predicted molar refractivity (Wildman–Crippen MR) is 143 cm³/mol. The summed E-state index contributed by atoms with van der Waals surface area (Å²) in [5.41, 5.74) is 1.75. The van der Waals surface area contributed by atoms with Gasteiger partial charge in [0.15, 0.2) is 0 Å². The fraction of sp³-hybridized carbons (Fsp3) is 0.577. The normalized spacial score (nSPS) is 11.2. The molecule has 0 aliphatic carbocycles. The van der Waals surface area contributed by atoms with Crippen molar-refractivity contribution in [3.05, 3.63) is 29.8 Å². The summed E-state index contributed by atoms with van der Waals surface area (Å²) in [5, 5.41) is 39.2. The molecule has 0 bridgehead atoms. The Kier molecular flexibility index (Phi) is 16.0. The first kappa shape index (κ1) is 33.5. The minimum atomic E-state index is -1.22. The van der Waals surface area contributed by atoms with Crippen LogP contribution >= 0.6 is 0 Å². The molecule has 39 heavy (non-hydrogen) atoms. The second kappa shape index (κ2) is 18.7. The topological polar surface area (TPSA) is 188 Å². The minimum absolute atomic E-state index is 0.0279. The van der Waals surface area contributed by atoms with E-state index in [1.807, 2.05) is 12.1 Å². The van der Waals surface area contributed by atoms with Crippen LogP contribution in [-0.2, 0) is 30.4 Å². The molecule has 1 aromatic carbocycles. The van der Waals surface area contributed by atoms with E-state index in [4.69, 9.17) is 10.2 Å². The van der Waals surface area contributed by atoms with Crippen LogP contribution in [0.3, 0.4) is 0 Å². The zero-order chi connectivity index (χ0) is 29.2. The second-order valence-electron chi connectivity index (χ2n) is 9.33. The third-order valence-corrected chi connectivity index (χ3v) is 5.82. The molecule has 13 nitrogen and oxygen atoms in total. The molecule has 1 rings (SSSR count). The zero-order valence-corrected chi connectivity index (χ0v) is 22.4. The molecule has 0 saturated heterocycles. The predicted octanol–water partition coefficient (Wildman–Crippen LogP) is 0.992. The monoisotopic (exact) mass is 552 g/mol. The van der Waals surface area contributed by atoms with Crippen molar-refractivity contribution in [2.75, 3.05) is 64.2 Å². The zero-order valence-electron chi connectivity index (χ0n) is 22.4. The molecule has 13 heteroatoms. The van der Waals surface area contributed by atoms with Crippen LogP contribution in [0.1, 0.15) is 38.2 Å². The van der Waals surface area contributed by atoms with Gasteiger partial charge in [0.25, 0.3) is 0 Å². The maximum Gasteiger partial charge on any atom is 0.317 e. The number of nitrogens with one attached hydrogen (secondary N) is 1. The van der Waals surface area contributed by atoms with Gasteiger partial charge in [-0.25, -0.2) is 0 Å². The number of unbranched alkanes of at least 4 members (excludes halogenated alkanes) is 3. The summed E-state index contributed by atoms with van der Waals surface area (Å²) in [6.07, 6.45) is 5.58. The van der Waals surface area contributed by atoms with Gasteiger partial charge in [0, 0.05) is 31.9 Å². The van der Waals surface area contributed by atoms with Crippen LogP contribution in [-0.4, -0.2) is 124 Å². The van der Waals surface area contributed by atoms with Crippen LogP contribution in [0.2, 0.25) is 0 Å². The highest BCUT2D eigenvalue weighted by molar-refractivity contribution is 5.92. The van der Waals surface area contributed by atoms with E-state index in [9.17, 15) is 34.2 Å². The van der Waals surface area contributed by atoms with Gasteiger partial charge in [0.2, 0.25) is 5.91 Å². The van der Waals surface area contributed by atoms with Crippen LogP contribution in [0.4, 0.5) is 5.69 Å². The maximum absolute atomic E-state index is 12.6. The van der Waals surface area contributed by atoms with E-state index in [1.165, 1.54) is 34.6 Å². The lowest BCUT2D eigenvalue weighted by Crippen LogP contribution is -2.46. The lowest BCUT2D eigenvalue weighted by molar-refractivity contribution is -0.143. The lowest BCUT2D eigenvalue weighted by atomic mass is 10.1. The highest BCUT2D eigenvalue weighted by Crippen LogP contribution is 2.13. The molecule has 0 saturated carbocycles. The summed E-state index contributed by atoms with van der Waals surface area (Å²) < 4.78 is 0. The third-order valence-electron chi connectivity index (χ3n) is 5.82. The molecule has 0 spiro atoms. The van der Waals surface area contributed by atoms with E-state index in [1.54, 1.807) is 12.1 Å². The number of aryl methyl sites for hydroxylation is 1. The molecule has 0 fully saturated rings. The number of hydrogen-bond donors (Lipinski definition) is 5. The number of carboxylic acids is 4. The first-order valence-corrected chi connectivity index (χ1v) is 12.9. The lowest BCUT2D eigenvalue weighted by Gasteiger charge is -2.27. The average Bonchev–Trinajstić information content (AvgIpc) is 2.83. The standard InChI is InChI=1S/C26H40N4O9/c1-2-3-4-5-6-20-7-9-21(10-8-20)27-22(31)15-29(17-24(34)35)13-11-28(16-23(32)33)12-14-30(18-25(36)37)19-26(38)39/h7-10H,2-6,11-19H2,1H3,(H,27,31)(H,32,33)(H,34,35)(H,36,37)(H,38,39). The first-order valence-electron chi connectivity index (χ1n) is 12.9. The van der Waals surface area contributed by atoms with Crippen molar-refractivity contribution in [3.63, 3.8) is 0 Å². The molecule has 0 aliphatic heterocycles. The van der Waals surface area contributed by atoms with Gasteiger partial charge in [0.05, 0.1) is 32.7 Å². The number of amides is 1. The Morgan fingerprint density at radius 1 is 0.615 bits per heavy atom. The van der Waals surface area contributed by atoms with Gasteiger partial charge in [-0.3, -0.25) is 38.7 Å². The maximum atomic E-state index is 12.6. The smallest absolute Gasteiger partial charge is 0.317 e. The number of carbonyl (C=O) groups is 5. The quantitative estimate of drug-likeness (QED) is 0.129. The van der Waals surface area contributed by atoms with Crippen LogP contribution in [0.5, 0.6) is 0 Å². The van der Waals surface area contributed by atoms with Crippen molar-refractivity contribution in [3.8, 4) is 0 Å². The average molecular weight is 553 g/mol. The fourth-order valence-electron chi connectivity index (χ4n) is 3.94. The van der Waals surface area contributed by atoms with Crippen LogP contribution in [0, 0.1) is 0 Å². The van der Waals surface area contributed by atoms with Gasteiger partial charge in [-0.2, -0.15) is 0 Å². The van der Waals surface area contributed by atoms with Gasteiger partial charge < -0.3 is 25.7 Å². The second-order valence-corrected chi connectivity index (χ2v) is 9.33. The Morgan fingerprint density at radius 2 is 1.05 bits per heavy atom. The molecule has 0 aliphatic rings. The molecule has 0 atom stereocenters. The number of nitrogens with zero attached hydrogens (tertiary/aromatic N) is 3. The van der Waals surface area contributed by atoms with Crippen molar-refractivity contribution in [1.82, 2.24) is 14.7 Å². The molecule has 0 heterocycles. The van der Waals surface area contributed by atoms with Crippen molar-refractivity contribution >= 4 is 35.5 Å². The summed E-state index contributed by atoms with van der Waals surface area (Å²) in [6, 6.07) is 7.48. The molecule has 0 unspecified atom stereocenters. The van der Waals surface area contributed by atoms with Gasteiger partial charge in [-0.05, 0) is 30.5 Å².